The summed E-state index contributed by atoms with van der Waals surface area (Å²) in [5.74, 6) is -2.75. The van der Waals surface area contributed by atoms with E-state index in [0.717, 1.165) is 43.4 Å². The minimum Gasteiger partial charge on any atom is -0.363 e. The van der Waals surface area contributed by atoms with E-state index < -0.39 is 52.7 Å². The molecule has 2 fully saturated rings. The summed E-state index contributed by atoms with van der Waals surface area (Å²) in [7, 11) is 0. The van der Waals surface area contributed by atoms with Gasteiger partial charge in [-0.25, -0.2) is 4.79 Å². The molecule has 250 valence electrons. The second-order valence-electron chi connectivity index (χ2n) is 13.0. The molecule has 44 heavy (non-hydrogen) atoms. The number of nitrogens with two attached hydrogens (primary N) is 1. The van der Waals surface area contributed by atoms with Crippen LogP contribution in [0, 0.1) is 11.3 Å². The number of Topliss-reactive ketones (excluding diaryl/α,β-unsaturated/α-hetero) is 1. The molecule has 2 rings (SSSR count). The molecule has 1 aliphatic heterocycles. The molecule has 2 aliphatic rings. The number of allylic oxidation sites excluding steroid dienone is 2. The number of nitrogens with zero attached hydrogens (tertiary/aromatic N) is 1. The maximum absolute atomic E-state index is 14.0. The number of rotatable bonds is 13. The number of hydrogen-bond donors (Lipinski definition) is 5. The molecule has 0 radical (unpaired) electrons. The summed E-state index contributed by atoms with van der Waals surface area (Å²) in [6.45, 7) is 17.5. The van der Waals surface area contributed by atoms with E-state index in [1.165, 1.54) is 4.90 Å². The Labute approximate surface area is 270 Å². The highest BCUT2D eigenvalue weighted by Gasteiger charge is 2.43. The standard InChI is InChI=1S/C31H51N5O5S.C2H6/c1-7-13-21(42)19-31(15-10-9-11-16-31)35-29(41)34-25(30(4,5)6)28(40)36-17-12-14-23(36)27(39)33-22(18-20(3)8-2)24(37)26(32)38;1-2/h7,13,20,22-23,25,42H,1,8-12,14-19H2,2-6H3,(H2,32,38)(H,33,39)(H2,34,35,41);1-2H3/b21-13-;. The number of carbonyl (C=O) groups excluding carboxylic acids is 5. The number of primary amides is 1. The van der Waals surface area contributed by atoms with Gasteiger partial charge in [0, 0.05) is 18.5 Å². The molecule has 1 saturated carbocycles. The average molecular weight is 636 g/mol. The van der Waals surface area contributed by atoms with Gasteiger partial charge in [-0.2, -0.15) is 0 Å². The van der Waals surface area contributed by atoms with Gasteiger partial charge in [0.15, 0.2) is 0 Å². The number of thiol groups is 1. The van der Waals surface area contributed by atoms with Gasteiger partial charge in [0.1, 0.15) is 12.1 Å². The number of hydrogen-bond acceptors (Lipinski definition) is 6. The molecule has 4 atom stereocenters. The van der Waals surface area contributed by atoms with Crippen molar-refractivity contribution < 1.29 is 24.0 Å². The fourth-order valence-corrected chi connectivity index (χ4v) is 6.29. The summed E-state index contributed by atoms with van der Waals surface area (Å²) in [6.07, 6.45) is 10.8. The predicted molar refractivity (Wildman–Crippen MR) is 179 cm³/mol. The third-order valence-electron chi connectivity index (χ3n) is 8.46. The minimum atomic E-state index is -1.10. The molecule has 10 nitrogen and oxygen atoms in total. The number of carbonyl (C=O) groups is 5. The lowest BCUT2D eigenvalue weighted by Crippen LogP contribution is -2.62. The van der Waals surface area contributed by atoms with Crippen LogP contribution in [-0.4, -0.2) is 64.6 Å². The Morgan fingerprint density at radius 3 is 2.20 bits per heavy atom. The van der Waals surface area contributed by atoms with Crippen molar-refractivity contribution in [2.75, 3.05) is 6.54 Å². The molecule has 5 amide bonds. The van der Waals surface area contributed by atoms with Gasteiger partial charge in [0.05, 0.1) is 6.04 Å². The fourth-order valence-electron chi connectivity index (χ4n) is 5.88. The fraction of sp³-hybridized carbons (Fsp3) is 0.727. The van der Waals surface area contributed by atoms with E-state index in [4.69, 9.17) is 5.73 Å². The zero-order valence-corrected chi connectivity index (χ0v) is 28.9. The van der Waals surface area contributed by atoms with Crippen LogP contribution in [0.4, 0.5) is 4.79 Å². The van der Waals surface area contributed by atoms with Crippen LogP contribution in [0.5, 0.6) is 0 Å². The van der Waals surface area contributed by atoms with Gasteiger partial charge in [0.25, 0.3) is 5.91 Å². The average Bonchev–Trinajstić information content (AvgIpc) is 3.46. The SMILES string of the molecule is C=C/C=C(\S)CC1(NC(=O)NC(C(=O)N2CCCC2C(=O)NC(CC(C)CC)C(=O)C(N)=O)C(C)(C)C)CCCCC1.CC. The first kappa shape index (κ1) is 39.2. The van der Waals surface area contributed by atoms with Crippen LogP contribution in [0.15, 0.2) is 23.6 Å². The van der Waals surface area contributed by atoms with Gasteiger partial charge in [-0.3, -0.25) is 19.2 Å². The number of likely N-dealkylation sites (tertiary alicyclic amines) is 1. The first-order valence-electron chi connectivity index (χ1n) is 16.2. The van der Waals surface area contributed by atoms with Gasteiger partial charge >= 0.3 is 6.03 Å². The molecular weight excluding hydrogens is 578 g/mol. The molecule has 11 heteroatoms. The first-order chi connectivity index (χ1) is 20.6. The third kappa shape index (κ3) is 11.6. The van der Waals surface area contributed by atoms with Crippen molar-refractivity contribution >= 4 is 42.2 Å². The predicted octanol–water partition coefficient (Wildman–Crippen LogP) is 4.79. The highest BCUT2D eigenvalue weighted by molar-refractivity contribution is 7.84. The lowest BCUT2D eigenvalue weighted by atomic mass is 9.79. The Balaban J connectivity index is 0.00000474. The Morgan fingerprint density at radius 1 is 1.07 bits per heavy atom. The molecule has 1 saturated heterocycles. The third-order valence-corrected chi connectivity index (χ3v) is 8.76. The van der Waals surface area contributed by atoms with Gasteiger partial charge in [-0.05, 0) is 48.3 Å². The Hall–Kier alpha value is -2.82. The smallest absolute Gasteiger partial charge is 0.315 e. The Kier molecular flexibility index (Phi) is 16.2. The van der Waals surface area contributed by atoms with Crippen molar-refractivity contribution in [2.45, 2.75) is 136 Å². The molecule has 5 N–H and O–H groups in total. The summed E-state index contributed by atoms with van der Waals surface area (Å²) >= 11 is 4.58. The second kappa shape index (κ2) is 18.2. The molecule has 1 heterocycles. The van der Waals surface area contributed by atoms with Gasteiger partial charge in [-0.1, -0.05) is 92.9 Å². The summed E-state index contributed by atoms with van der Waals surface area (Å²) in [5.41, 5.74) is 4.12. The molecule has 0 aromatic rings. The van der Waals surface area contributed by atoms with Gasteiger partial charge < -0.3 is 26.6 Å². The van der Waals surface area contributed by atoms with Crippen LogP contribution in [0.2, 0.25) is 0 Å². The van der Waals surface area contributed by atoms with Crippen molar-refractivity contribution in [2.24, 2.45) is 17.1 Å². The van der Waals surface area contributed by atoms with Crippen LogP contribution in [0.25, 0.3) is 0 Å². The van der Waals surface area contributed by atoms with Crippen LogP contribution >= 0.6 is 12.6 Å². The minimum absolute atomic E-state index is 0.0752. The van der Waals surface area contributed by atoms with Crippen molar-refractivity contribution in [1.29, 1.82) is 0 Å². The van der Waals surface area contributed by atoms with E-state index in [1.807, 2.05) is 54.5 Å². The Morgan fingerprint density at radius 2 is 1.68 bits per heavy atom. The maximum Gasteiger partial charge on any atom is 0.315 e. The highest BCUT2D eigenvalue weighted by atomic mass is 32.1. The summed E-state index contributed by atoms with van der Waals surface area (Å²) in [6, 6.07) is -3.23. The molecule has 0 aromatic carbocycles. The lowest BCUT2D eigenvalue weighted by Gasteiger charge is -2.40. The van der Waals surface area contributed by atoms with E-state index in [9.17, 15) is 24.0 Å². The van der Waals surface area contributed by atoms with E-state index in [2.05, 4.69) is 35.2 Å². The molecule has 0 aromatic heterocycles. The number of ketones is 1. The largest absolute Gasteiger partial charge is 0.363 e. The summed E-state index contributed by atoms with van der Waals surface area (Å²) in [5, 5.41) is 8.79. The number of urea groups is 1. The normalized spacial score (nSPS) is 20.2. The van der Waals surface area contributed by atoms with Crippen molar-refractivity contribution in [3.8, 4) is 0 Å². The second-order valence-corrected chi connectivity index (χ2v) is 13.6. The van der Waals surface area contributed by atoms with Crippen molar-refractivity contribution in [1.82, 2.24) is 20.9 Å². The van der Waals surface area contributed by atoms with Crippen molar-refractivity contribution in [3.05, 3.63) is 23.6 Å². The van der Waals surface area contributed by atoms with Gasteiger partial charge in [0.2, 0.25) is 17.6 Å². The van der Waals surface area contributed by atoms with E-state index >= 15 is 0 Å². The molecular formula is C33H57N5O5S. The van der Waals surface area contributed by atoms with Gasteiger partial charge in [-0.15, -0.1) is 12.6 Å². The van der Waals surface area contributed by atoms with E-state index in [1.54, 1.807) is 6.08 Å². The molecule has 4 unspecified atom stereocenters. The van der Waals surface area contributed by atoms with Crippen LogP contribution in [0.3, 0.4) is 0 Å². The van der Waals surface area contributed by atoms with Crippen LogP contribution in [-0.2, 0) is 19.2 Å². The molecule has 1 aliphatic carbocycles. The maximum atomic E-state index is 14.0. The monoisotopic (exact) mass is 635 g/mol. The topological polar surface area (TPSA) is 151 Å². The summed E-state index contributed by atoms with van der Waals surface area (Å²) < 4.78 is 0. The zero-order valence-electron chi connectivity index (χ0n) is 28.0. The van der Waals surface area contributed by atoms with Crippen LogP contribution in [0.1, 0.15) is 113 Å². The van der Waals surface area contributed by atoms with E-state index in [-0.39, 0.29) is 18.2 Å². The van der Waals surface area contributed by atoms with Crippen molar-refractivity contribution in [3.63, 3.8) is 0 Å². The summed E-state index contributed by atoms with van der Waals surface area (Å²) in [4.78, 5) is 67.2. The molecule has 0 spiro atoms. The Bertz CT molecular complexity index is 1050. The lowest BCUT2D eigenvalue weighted by molar-refractivity contribution is -0.143. The molecule has 0 bridgehead atoms. The van der Waals surface area contributed by atoms with E-state index in [0.29, 0.717) is 25.8 Å². The number of nitrogens with one attached hydrogen (secondary N) is 3. The highest BCUT2D eigenvalue weighted by Crippen LogP contribution is 2.35. The quantitative estimate of drug-likeness (QED) is 0.112. The first-order valence-corrected chi connectivity index (χ1v) is 16.6. The number of amides is 5. The van der Waals surface area contributed by atoms with Crippen LogP contribution < -0.4 is 21.7 Å². The zero-order chi connectivity index (χ0) is 33.7.